The molecule has 122 valence electrons. The molecule has 0 amide bonds. The minimum absolute atomic E-state index is 0.00549. The van der Waals surface area contributed by atoms with Gasteiger partial charge in [-0.3, -0.25) is 0 Å². The highest BCUT2D eigenvalue weighted by molar-refractivity contribution is 7.88. The maximum atomic E-state index is 12.2. The van der Waals surface area contributed by atoms with Gasteiger partial charge in [0.25, 0.3) is 0 Å². The summed E-state index contributed by atoms with van der Waals surface area (Å²) in [5.41, 5.74) is 1.61. The van der Waals surface area contributed by atoms with Gasteiger partial charge in [0.05, 0.1) is 11.4 Å². The molecule has 0 aliphatic heterocycles. The molecule has 2 N–H and O–H groups in total. The number of halogens is 1. The lowest BCUT2D eigenvalue weighted by molar-refractivity contribution is 0.0567. The summed E-state index contributed by atoms with van der Waals surface area (Å²) in [4.78, 5) is 0. The Bertz CT molecular complexity index is 795. The fourth-order valence-corrected chi connectivity index (χ4v) is 4.45. The zero-order chi connectivity index (χ0) is 16.5. The summed E-state index contributed by atoms with van der Waals surface area (Å²) in [5, 5.41) is 11.1. The number of hydrogen-bond donors (Lipinski definition) is 2. The zero-order valence-electron chi connectivity index (χ0n) is 12.5. The van der Waals surface area contributed by atoms with Crippen molar-refractivity contribution >= 4 is 21.6 Å². The Morgan fingerprint density at radius 1 is 1.04 bits per heavy atom. The molecule has 0 bridgehead atoms. The van der Waals surface area contributed by atoms with Gasteiger partial charge >= 0.3 is 0 Å². The largest absolute Gasteiger partial charge is 0.388 e. The minimum Gasteiger partial charge on any atom is -0.388 e. The number of fused-ring (bicyclic) bond motifs is 1. The summed E-state index contributed by atoms with van der Waals surface area (Å²) in [6.45, 7) is -0.00549. The highest BCUT2D eigenvalue weighted by Gasteiger charge is 2.35. The van der Waals surface area contributed by atoms with E-state index in [1.54, 1.807) is 24.3 Å². The van der Waals surface area contributed by atoms with Crippen LogP contribution in [0.1, 0.15) is 16.7 Å². The molecule has 0 unspecified atom stereocenters. The van der Waals surface area contributed by atoms with Crippen LogP contribution in [0.5, 0.6) is 0 Å². The van der Waals surface area contributed by atoms with Crippen molar-refractivity contribution < 1.29 is 13.5 Å². The molecular formula is C17H18ClNO3S. The summed E-state index contributed by atoms with van der Waals surface area (Å²) < 4.78 is 27.0. The van der Waals surface area contributed by atoms with E-state index in [1.807, 2.05) is 24.3 Å². The topological polar surface area (TPSA) is 66.4 Å². The molecule has 3 rings (SSSR count). The molecule has 2 aromatic carbocycles. The first-order valence-corrected chi connectivity index (χ1v) is 9.40. The summed E-state index contributed by atoms with van der Waals surface area (Å²) in [6, 6.07) is 14.6. The molecule has 6 heteroatoms. The van der Waals surface area contributed by atoms with E-state index < -0.39 is 15.6 Å². The van der Waals surface area contributed by atoms with Crippen LogP contribution in [0.15, 0.2) is 48.5 Å². The highest BCUT2D eigenvalue weighted by atomic mass is 35.5. The van der Waals surface area contributed by atoms with Crippen molar-refractivity contribution in [1.29, 1.82) is 0 Å². The molecule has 0 saturated heterocycles. The lowest BCUT2D eigenvalue weighted by Crippen LogP contribution is -2.43. The molecule has 0 heterocycles. The van der Waals surface area contributed by atoms with Crippen LogP contribution in [0.3, 0.4) is 0 Å². The van der Waals surface area contributed by atoms with E-state index in [9.17, 15) is 13.5 Å². The van der Waals surface area contributed by atoms with Gasteiger partial charge in [0.2, 0.25) is 10.0 Å². The van der Waals surface area contributed by atoms with Crippen LogP contribution >= 0.6 is 11.6 Å². The number of rotatable bonds is 5. The van der Waals surface area contributed by atoms with Crippen molar-refractivity contribution in [2.75, 3.05) is 6.54 Å². The lowest BCUT2D eigenvalue weighted by Gasteiger charge is -2.22. The minimum atomic E-state index is -3.56. The first-order valence-electron chi connectivity index (χ1n) is 7.37. The summed E-state index contributed by atoms with van der Waals surface area (Å²) in [7, 11) is -3.56. The Labute approximate surface area is 141 Å². The van der Waals surface area contributed by atoms with Crippen molar-refractivity contribution in [1.82, 2.24) is 4.72 Å². The molecule has 1 aliphatic rings. The van der Waals surface area contributed by atoms with E-state index in [4.69, 9.17) is 11.6 Å². The van der Waals surface area contributed by atoms with Crippen molar-refractivity contribution in [3.63, 3.8) is 0 Å². The second-order valence-electron chi connectivity index (χ2n) is 6.02. The third kappa shape index (κ3) is 3.93. The number of nitrogens with one attached hydrogen (secondary N) is 1. The Morgan fingerprint density at radius 2 is 1.61 bits per heavy atom. The Morgan fingerprint density at radius 3 is 2.22 bits per heavy atom. The summed E-state index contributed by atoms with van der Waals surface area (Å²) in [6.07, 6.45) is 0.912. The second-order valence-corrected chi connectivity index (χ2v) is 8.23. The van der Waals surface area contributed by atoms with Crippen LogP contribution in [0.25, 0.3) is 0 Å². The van der Waals surface area contributed by atoms with Gasteiger partial charge in [0.15, 0.2) is 0 Å². The van der Waals surface area contributed by atoms with E-state index in [2.05, 4.69) is 4.72 Å². The number of hydrogen-bond acceptors (Lipinski definition) is 3. The Kier molecular flexibility index (Phi) is 4.47. The predicted octanol–water partition coefficient (Wildman–Crippen LogP) is 2.29. The maximum Gasteiger partial charge on any atom is 0.215 e. The zero-order valence-corrected chi connectivity index (χ0v) is 14.1. The van der Waals surface area contributed by atoms with Crippen LogP contribution in [0.4, 0.5) is 0 Å². The van der Waals surface area contributed by atoms with E-state index in [-0.39, 0.29) is 12.3 Å². The van der Waals surface area contributed by atoms with Gasteiger partial charge in [-0.15, -0.1) is 0 Å². The third-order valence-electron chi connectivity index (χ3n) is 4.08. The number of benzene rings is 2. The van der Waals surface area contributed by atoms with Crippen LogP contribution in [0.2, 0.25) is 5.02 Å². The average molecular weight is 352 g/mol. The SMILES string of the molecule is O=S(=O)(Cc1ccccc1Cl)NCC1(O)Cc2ccccc2C1. The molecule has 0 fully saturated rings. The van der Waals surface area contributed by atoms with Crippen LogP contribution in [-0.4, -0.2) is 25.7 Å². The molecule has 0 spiro atoms. The lowest BCUT2D eigenvalue weighted by atomic mass is 10.0. The quantitative estimate of drug-likeness (QED) is 0.868. The van der Waals surface area contributed by atoms with Gasteiger partial charge < -0.3 is 5.11 Å². The van der Waals surface area contributed by atoms with Crippen molar-refractivity contribution in [2.45, 2.75) is 24.2 Å². The van der Waals surface area contributed by atoms with Crippen LogP contribution < -0.4 is 4.72 Å². The van der Waals surface area contributed by atoms with Gasteiger partial charge in [-0.1, -0.05) is 54.1 Å². The maximum absolute atomic E-state index is 12.2. The molecule has 23 heavy (non-hydrogen) atoms. The van der Waals surface area contributed by atoms with Crippen LogP contribution in [0, 0.1) is 0 Å². The molecule has 0 aromatic heterocycles. The molecular weight excluding hydrogens is 334 g/mol. The van der Waals surface area contributed by atoms with E-state index in [1.165, 1.54) is 0 Å². The summed E-state index contributed by atoms with van der Waals surface area (Å²) in [5.74, 6) is -0.199. The fraction of sp³-hybridized carbons (Fsp3) is 0.294. The van der Waals surface area contributed by atoms with E-state index in [0.717, 1.165) is 11.1 Å². The van der Waals surface area contributed by atoms with Gasteiger partial charge in [-0.05, 0) is 22.8 Å². The average Bonchev–Trinajstić information content (AvgIpc) is 2.84. The molecule has 0 saturated carbocycles. The molecule has 1 aliphatic carbocycles. The normalized spacial score (nSPS) is 16.3. The predicted molar refractivity (Wildman–Crippen MR) is 90.9 cm³/mol. The number of sulfonamides is 1. The van der Waals surface area contributed by atoms with Crippen molar-refractivity contribution in [2.24, 2.45) is 0 Å². The molecule has 4 nitrogen and oxygen atoms in total. The van der Waals surface area contributed by atoms with Crippen LogP contribution in [-0.2, 0) is 28.6 Å². The fourth-order valence-electron chi connectivity index (χ4n) is 2.91. The number of aliphatic hydroxyl groups is 1. The van der Waals surface area contributed by atoms with Crippen molar-refractivity contribution in [3.05, 3.63) is 70.2 Å². The van der Waals surface area contributed by atoms with Gasteiger partial charge in [0, 0.05) is 24.4 Å². The van der Waals surface area contributed by atoms with Gasteiger partial charge in [0.1, 0.15) is 0 Å². The third-order valence-corrected chi connectivity index (χ3v) is 5.73. The molecule has 0 radical (unpaired) electrons. The smallest absolute Gasteiger partial charge is 0.215 e. The monoisotopic (exact) mass is 351 g/mol. The molecule has 0 atom stereocenters. The van der Waals surface area contributed by atoms with E-state index in [0.29, 0.717) is 23.4 Å². The standard InChI is InChI=1S/C17H18ClNO3S/c18-16-8-4-3-7-15(16)11-23(21,22)19-12-17(20)9-13-5-1-2-6-14(13)10-17/h1-8,19-20H,9-12H2. The molecule has 2 aromatic rings. The summed E-state index contributed by atoms with van der Waals surface area (Å²) >= 11 is 6.00. The Balaban J connectivity index is 1.65. The highest BCUT2D eigenvalue weighted by Crippen LogP contribution is 2.29. The van der Waals surface area contributed by atoms with E-state index >= 15 is 0 Å². The Hall–Kier alpha value is -1.40. The second kappa shape index (κ2) is 6.24. The van der Waals surface area contributed by atoms with Crippen molar-refractivity contribution in [3.8, 4) is 0 Å². The first kappa shape index (κ1) is 16.5. The first-order chi connectivity index (χ1) is 10.9. The van der Waals surface area contributed by atoms with Gasteiger partial charge in [-0.2, -0.15) is 0 Å². The van der Waals surface area contributed by atoms with Gasteiger partial charge in [-0.25, -0.2) is 13.1 Å².